The van der Waals surface area contributed by atoms with Crippen molar-refractivity contribution in [1.29, 1.82) is 0 Å². The highest BCUT2D eigenvalue weighted by Crippen LogP contribution is 2.29. The Balaban J connectivity index is 2.94. The van der Waals surface area contributed by atoms with Gasteiger partial charge in [-0.2, -0.15) is 0 Å². The van der Waals surface area contributed by atoms with E-state index in [2.05, 4.69) is 5.32 Å². The summed E-state index contributed by atoms with van der Waals surface area (Å²) in [6.07, 6.45) is 0. The van der Waals surface area contributed by atoms with E-state index in [4.69, 9.17) is 4.42 Å². The number of fused-ring (bicyclic) bond motifs is 1. The van der Waals surface area contributed by atoms with Crippen LogP contribution in [0.4, 0.5) is 5.69 Å². The van der Waals surface area contributed by atoms with E-state index in [1.165, 1.54) is 0 Å². The minimum absolute atomic E-state index is 0.0683. The molecule has 4 nitrogen and oxygen atoms in total. The molecule has 0 fully saturated rings. The van der Waals surface area contributed by atoms with Gasteiger partial charge >= 0.3 is 5.63 Å². The Kier molecular flexibility index (Phi) is 1.89. The Morgan fingerprint density at radius 2 is 2.21 bits per heavy atom. The van der Waals surface area contributed by atoms with E-state index in [-0.39, 0.29) is 5.75 Å². The van der Waals surface area contributed by atoms with E-state index in [0.717, 1.165) is 11.8 Å². The lowest BCUT2D eigenvalue weighted by molar-refractivity contribution is 0.468. The lowest BCUT2D eigenvalue weighted by Gasteiger charge is -2.05. The first kappa shape index (κ1) is 8.62. The third kappa shape index (κ3) is 1.21. The van der Waals surface area contributed by atoms with Gasteiger partial charge in [0.15, 0.2) is 0 Å². The number of rotatable bonds is 1. The van der Waals surface area contributed by atoms with E-state index in [1.54, 1.807) is 25.2 Å². The van der Waals surface area contributed by atoms with Crippen LogP contribution in [0.25, 0.3) is 11.0 Å². The smallest absolute Gasteiger partial charge is 0.339 e. The van der Waals surface area contributed by atoms with Gasteiger partial charge in [-0.15, -0.1) is 0 Å². The summed E-state index contributed by atoms with van der Waals surface area (Å²) in [5.41, 5.74) is 0.550. The summed E-state index contributed by atoms with van der Waals surface area (Å²) in [6, 6.07) is 6.24. The van der Waals surface area contributed by atoms with Crippen LogP contribution in [0, 0.1) is 0 Å². The molecule has 0 amide bonds. The molecule has 1 heterocycles. The second-order valence-electron chi connectivity index (χ2n) is 2.88. The fourth-order valence-corrected chi connectivity index (χ4v) is 1.41. The molecule has 4 heteroatoms. The van der Waals surface area contributed by atoms with E-state index < -0.39 is 5.63 Å². The third-order valence-corrected chi connectivity index (χ3v) is 2.02. The molecule has 72 valence electrons. The molecule has 0 saturated carbocycles. The van der Waals surface area contributed by atoms with Crippen molar-refractivity contribution >= 4 is 16.7 Å². The predicted octanol–water partition coefficient (Wildman–Crippen LogP) is 1.54. The number of hydrogen-bond acceptors (Lipinski definition) is 4. The SMILES string of the molecule is CNc1cccc2oc(=O)cc(O)c12. The first-order valence-corrected chi connectivity index (χ1v) is 4.16. The maximum absolute atomic E-state index is 11.0. The zero-order valence-electron chi connectivity index (χ0n) is 7.57. The monoisotopic (exact) mass is 191 g/mol. The maximum atomic E-state index is 11.0. The number of hydrogen-bond donors (Lipinski definition) is 2. The molecule has 2 rings (SSSR count). The van der Waals surface area contributed by atoms with E-state index >= 15 is 0 Å². The standard InChI is InChI=1S/C10H9NO3/c1-11-6-3-2-4-8-10(6)7(12)5-9(13)14-8/h2-5,11-12H,1H3. The molecule has 1 aromatic carbocycles. The van der Waals surface area contributed by atoms with Crippen molar-refractivity contribution in [2.45, 2.75) is 0 Å². The lowest BCUT2D eigenvalue weighted by atomic mass is 10.2. The zero-order valence-corrected chi connectivity index (χ0v) is 7.57. The van der Waals surface area contributed by atoms with Crippen molar-refractivity contribution in [3.8, 4) is 5.75 Å². The predicted molar refractivity (Wildman–Crippen MR) is 53.7 cm³/mol. The van der Waals surface area contributed by atoms with Gasteiger partial charge in [-0.05, 0) is 12.1 Å². The number of benzene rings is 1. The van der Waals surface area contributed by atoms with Gasteiger partial charge < -0.3 is 14.8 Å². The Labute approximate surface area is 79.8 Å². The largest absolute Gasteiger partial charge is 0.507 e. The Bertz CT molecular complexity index is 530. The minimum Gasteiger partial charge on any atom is -0.507 e. The van der Waals surface area contributed by atoms with Gasteiger partial charge in [0.1, 0.15) is 11.3 Å². The lowest BCUT2D eigenvalue weighted by Crippen LogP contribution is -1.97. The van der Waals surface area contributed by atoms with E-state index in [1.807, 2.05) is 0 Å². The fourth-order valence-electron chi connectivity index (χ4n) is 1.41. The molecule has 2 aromatic rings. The summed E-state index contributed by atoms with van der Waals surface area (Å²) in [5, 5.41) is 13.0. The molecule has 0 saturated heterocycles. The summed E-state index contributed by atoms with van der Waals surface area (Å²) in [7, 11) is 1.74. The van der Waals surface area contributed by atoms with Crippen LogP contribution >= 0.6 is 0 Å². The van der Waals surface area contributed by atoms with Gasteiger partial charge in [0.05, 0.1) is 11.5 Å². The molecule has 0 atom stereocenters. The molecule has 0 aliphatic heterocycles. The Morgan fingerprint density at radius 3 is 2.93 bits per heavy atom. The van der Waals surface area contributed by atoms with Crippen molar-refractivity contribution in [3.63, 3.8) is 0 Å². The van der Waals surface area contributed by atoms with Crippen LogP contribution in [0.1, 0.15) is 0 Å². The van der Waals surface area contributed by atoms with Gasteiger partial charge in [0.2, 0.25) is 0 Å². The molecule has 0 spiro atoms. The van der Waals surface area contributed by atoms with Crippen molar-refractivity contribution in [2.24, 2.45) is 0 Å². The fraction of sp³-hybridized carbons (Fsp3) is 0.100. The second-order valence-corrected chi connectivity index (χ2v) is 2.88. The van der Waals surface area contributed by atoms with Gasteiger partial charge in [-0.3, -0.25) is 0 Å². The highest BCUT2D eigenvalue weighted by Gasteiger charge is 2.07. The number of anilines is 1. The number of aromatic hydroxyl groups is 1. The Hall–Kier alpha value is -1.97. The highest BCUT2D eigenvalue weighted by atomic mass is 16.4. The second kappa shape index (κ2) is 3.06. The number of nitrogens with one attached hydrogen (secondary N) is 1. The van der Waals surface area contributed by atoms with Crippen LogP contribution in [0.2, 0.25) is 0 Å². The molecule has 1 aromatic heterocycles. The summed E-state index contributed by atoms with van der Waals surface area (Å²) >= 11 is 0. The van der Waals surface area contributed by atoms with Gasteiger partial charge in [-0.1, -0.05) is 6.07 Å². The van der Waals surface area contributed by atoms with E-state index in [9.17, 15) is 9.90 Å². The molecule has 0 radical (unpaired) electrons. The third-order valence-electron chi connectivity index (χ3n) is 2.02. The molecule has 0 bridgehead atoms. The molecule has 0 aliphatic carbocycles. The molecule has 0 unspecified atom stereocenters. The molecular weight excluding hydrogens is 182 g/mol. The zero-order chi connectivity index (χ0) is 10.1. The van der Waals surface area contributed by atoms with Crippen molar-refractivity contribution in [3.05, 3.63) is 34.7 Å². The highest BCUT2D eigenvalue weighted by molar-refractivity contribution is 5.94. The normalized spacial score (nSPS) is 10.4. The Morgan fingerprint density at radius 1 is 1.43 bits per heavy atom. The topological polar surface area (TPSA) is 62.5 Å². The summed E-state index contributed by atoms with van der Waals surface area (Å²) in [6.45, 7) is 0. The van der Waals surface area contributed by atoms with Crippen LogP contribution in [0.3, 0.4) is 0 Å². The van der Waals surface area contributed by atoms with Crippen LogP contribution in [-0.4, -0.2) is 12.2 Å². The summed E-state index contributed by atoms with van der Waals surface area (Å²) in [4.78, 5) is 11.0. The average Bonchev–Trinajstić information content (AvgIpc) is 2.16. The first-order valence-electron chi connectivity index (χ1n) is 4.16. The van der Waals surface area contributed by atoms with Gasteiger partial charge in [-0.25, -0.2) is 4.79 Å². The van der Waals surface area contributed by atoms with Crippen LogP contribution < -0.4 is 10.9 Å². The van der Waals surface area contributed by atoms with Crippen LogP contribution in [0.15, 0.2) is 33.5 Å². The van der Waals surface area contributed by atoms with Crippen molar-refractivity contribution in [2.75, 3.05) is 12.4 Å². The molecular formula is C10H9NO3. The minimum atomic E-state index is -0.553. The van der Waals surface area contributed by atoms with Gasteiger partial charge in [0, 0.05) is 12.7 Å². The molecule has 14 heavy (non-hydrogen) atoms. The summed E-state index contributed by atoms with van der Waals surface area (Å²) < 4.78 is 4.93. The maximum Gasteiger partial charge on any atom is 0.339 e. The van der Waals surface area contributed by atoms with E-state index in [0.29, 0.717) is 11.0 Å². The van der Waals surface area contributed by atoms with Gasteiger partial charge in [0.25, 0.3) is 0 Å². The van der Waals surface area contributed by atoms with Crippen LogP contribution in [0.5, 0.6) is 5.75 Å². The average molecular weight is 191 g/mol. The quantitative estimate of drug-likeness (QED) is 0.671. The summed E-state index contributed by atoms with van der Waals surface area (Å²) in [5.74, 6) is -0.0683. The molecule has 2 N–H and O–H groups in total. The first-order chi connectivity index (χ1) is 6.72. The molecule has 0 aliphatic rings. The van der Waals surface area contributed by atoms with Crippen LogP contribution in [-0.2, 0) is 0 Å². The van der Waals surface area contributed by atoms with Crippen molar-refractivity contribution < 1.29 is 9.52 Å². The van der Waals surface area contributed by atoms with Crippen molar-refractivity contribution in [1.82, 2.24) is 0 Å².